The average molecular weight is 200 g/mol. The Hall–Kier alpha value is -1.15. The summed E-state index contributed by atoms with van der Waals surface area (Å²) in [5.74, 6) is 0. The first-order valence-electron chi connectivity index (χ1n) is 5.82. The molecule has 0 bridgehead atoms. The van der Waals surface area contributed by atoms with Crippen LogP contribution in [0.25, 0.3) is 5.57 Å². The Bertz CT molecular complexity index is 407. The minimum atomic E-state index is 0.978. The summed E-state index contributed by atoms with van der Waals surface area (Å²) in [7, 11) is 0. The molecule has 2 nitrogen and oxygen atoms in total. The quantitative estimate of drug-likeness (QED) is 0.749. The third-order valence-electron chi connectivity index (χ3n) is 3.28. The van der Waals surface area contributed by atoms with Gasteiger partial charge >= 0.3 is 0 Å². The highest BCUT2D eigenvalue weighted by molar-refractivity contribution is 5.65. The molecule has 1 aliphatic carbocycles. The number of pyridine rings is 1. The maximum absolute atomic E-state index is 4.77. The maximum Gasteiger partial charge on any atom is 0.0674 e. The van der Waals surface area contributed by atoms with Gasteiger partial charge in [0.1, 0.15) is 0 Å². The number of hydrogen-bond acceptors (Lipinski definition) is 2. The van der Waals surface area contributed by atoms with Crippen molar-refractivity contribution >= 4 is 5.57 Å². The van der Waals surface area contributed by atoms with Crippen LogP contribution in [0.1, 0.15) is 29.8 Å². The fourth-order valence-electron chi connectivity index (χ4n) is 2.44. The second kappa shape index (κ2) is 3.78. The lowest BCUT2D eigenvalue weighted by Crippen LogP contribution is -2.22. The highest BCUT2D eigenvalue weighted by atomic mass is 14.9. The Morgan fingerprint density at radius 1 is 1.20 bits per heavy atom. The van der Waals surface area contributed by atoms with Crippen LogP contribution in [0, 0.1) is 0 Å². The van der Waals surface area contributed by atoms with Crippen molar-refractivity contribution in [3.8, 4) is 0 Å². The van der Waals surface area contributed by atoms with Crippen LogP contribution in [-0.2, 0) is 12.8 Å². The normalized spacial score (nSPS) is 19.9. The Kier molecular flexibility index (Phi) is 2.29. The molecular weight excluding hydrogens is 184 g/mol. The third-order valence-corrected chi connectivity index (χ3v) is 3.28. The lowest BCUT2D eigenvalue weighted by molar-refractivity contribution is 0.736. The molecule has 0 spiro atoms. The number of rotatable bonds is 1. The topological polar surface area (TPSA) is 24.9 Å². The first-order chi connectivity index (χ1) is 7.43. The van der Waals surface area contributed by atoms with E-state index in [1.54, 1.807) is 0 Å². The molecule has 78 valence electrons. The molecule has 0 fully saturated rings. The van der Waals surface area contributed by atoms with Gasteiger partial charge in [0, 0.05) is 12.2 Å². The van der Waals surface area contributed by atoms with Crippen LogP contribution in [-0.4, -0.2) is 18.1 Å². The highest BCUT2D eigenvalue weighted by Crippen LogP contribution is 2.23. The van der Waals surface area contributed by atoms with Gasteiger partial charge in [-0.05, 0) is 49.4 Å². The van der Waals surface area contributed by atoms with Crippen molar-refractivity contribution < 1.29 is 0 Å². The minimum absolute atomic E-state index is 0.978. The number of hydrogen-bond donors (Lipinski definition) is 1. The molecule has 1 N–H and O–H groups in total. The first kappa shape index (κ1) is 9.10. The van der Waals surface area contributed by atoms with Crippen LogP contribution in [0.15, 0.2) is 18.2 Å². The molecule has 3 rings (SSSR count). The predicted molar refractivity (Wildman–Crippen MR) is 61.7 cm³/mol. The van der Waals surface area contributed by atoms with Crippen molar-refractivity contribution in [1.82, 2.24) is 10.3 Å². The summed E-state index contributed by atoms with van der Waals surface area (Å²) in [6.07, 6.45) is 7.13. The van der Waals surface area contributed by atoms with Crippen LogP contribution in [0.4, 0.5) is 0 Å². The van der Waals surface area contributed by atoms with E-state index in [1.165, 1.54) is 41.8 Å². The first-order valence-corrected chi connectivity index (χ1v) is 5.82. The number of nitrogens with zero attached hydrogens (tertiary/aromatic N) is 1. The van der Waals surface area contributed by atoms with E-state index in [0.29, 0.717) is 0 Å². The Labute approximate surface area is 90.4 Å². The molecule has 2 heteroatoms. The molecule has 1 aromatic heterocycles. The summed E-state index contributed by atoms with van der Waals surface area (Å²) in [6.45, 7) is 2.08. The summed E-state index contributed by atoms with van der Waals surface area (Å²) in [5.41, 5.74) is 5.35. The zero-order valence-corrected chi connectivity index (χ0v) is 8.92. The van der Waals surface area contributed by atoms with Crippen molar-refractivity contribution in [1.29, 1.82) is 0 Å². The SMILES string of the molecule is C1=C(c2ccc3c(n2)CCC3)CNCC1. The Morgan fingerprint density at radius 3 is 3.07 bits per heavy atom. The predicted octanol–water partition coefficient (Wildman–Crippen LogP) is 1.95. The molecule has 0 saturated heterocycles. The molecule has 0 atom stereocenters. The van der Waals surface area contributed by atoms with Crippen LogP contribution in [0.3, 0.4) is 0 Å². The van der Waals surface area contributed by atoms with Gasteiger partial charge in [-0.15, -0.1) is 0 Å². The van der Waals surface area contributed by atoms with Crippen molar-refractivity contribution in [2.45, 2.75) is 25.7 Å². The van der Waals surface area contributed by atoms with Gasteiger partial charge in [-0.2, -0.15) is 0 Å². The monoisotopic (exact) mass is 200 g/mol. The molecule has 1 aromatic rings. The second-order valence-electron chi connectivity index (χ2n) is 4.35. The summed E-state index contributed by atoms with van der Waals surface area (Å²) < 4.78 is 0. The fraction of sp³-hybridized carbons (Fsp3) is 0.462. The maximum atomic E-state index is 4.77. The summed E-state index contributed by atoms with van der Waals surface area (Å²) in [4.78, 5) is 4.77. The number of nitrogens with one attached hydrogen (secondary N) is 1. The van der Waals surface area contributed by atoms with E-state index in [0.717, 1.165) is 19.5 Å². The zero-order valence-electron chi connectivity index (χ0n) is 8.92. The molecule has 0 unspecified atom stereocenters. The summed E-state index contributed by atoms with van der Waals surface area (Å²) >= 11 is 0. The minimum Gasteiger partial charge on any atom is -0.312 e. The van der Waals surface area contributed by atoms with E-state index in [2.05, 4.69) is 23.5 Å². The van der Waals surface area contributed by atoms with E-state index in [4.69, 9.17) is 4.98 Å². The van der Waals surface area contributed by atoms with E-state index >= 15 is 0 Å². The van der Waals surface area contributed by atoms with Crippen molar-refractivity contribution in [3.63, 3.8) is 0 Å². The van der Waals surface area contributed by atoms with Gasteiger partial charge in [0.15, 0.2) is 0 Å². The van der Waals surface area contributed by atoms with Crippen LogP contribution >= 0.6 is 0 Å². The van der Waals surface area contributed by atoms with E-state index in [1.807, 2.05) is 0 Å². The second-order valence-corrected chi connectivity index (χ2v) is 4.35. The number of aromatic nitrogens is 1. The standard InChI is InChI=1S/C13H16N2/c1-3-10-6-7-13(15-12(10)5-1)11-4-2-8-14-9-11/h4,6-7,14H,1-3,5,8-9H2. The van der Waals surface area contributed by atoms with Crippen LogP contribution in [0.2, 0.25) is 0 Å². The number of fused-ring (bicyclic) bond motifs is 1. The van der Waals surface area contributed by atoms with Crippen molar-refractivity contribution in [3.05, 3.63) is 35.2 Å². The van der Waals surface area contributed by atoms with E-state index in [-0.39, 0.29) is 0 Å². The highest BCUT2D eigenvalue weighted by Gasteiger charge is 2.14. The van der Waals surface area contributed by atoms with Gasteiger partial charge in [0.2, 0.25) is 0 Å². The van der Waals surface area contributed by atoms with E-state index < -0.39 is 0 Å². The van der Waals surface area contributed by atoms with Crippen molar-refractivity contribution in [2.75, 3.05) is 13.1 Å². The number of aryl methyl sites for hydroxylation is 2. The molecule has 0 aromatic carbocycles. The summed E-state index contributed by atoms with van der Waals surface area (Å²) in [6, 6.07) is 4.45. The molecule has 2 aliphatic rings. The Morgan fingerprint density at radius 2 is 2.20 bits per heavy atom. The molecule has 0 saturated carbocycles. The molecular formula is C13H16N2. The Balaban J connectivity index is 1.95. The average Bonchev–Trinajstić information content (AvgIpc) is 2.77. The van der Waals surface area contributed by atoms with Gasteiger partial charge in [-0.3, -0.25) is 4.98 Å². The van der Waals surface area contributed by atoms with Crippen molar-refractivity contribution in [2.24, 2.45) is 0 Å². The largest absolute Gasteiger partial charge is 0.312 e. The molecule has 0 amide bonds. The van der Waals surface area contributed by atoms with Gasteiger partial charge in [-0.1, -0.05) is 12.1 Å². The summed E-state index contributed by atoms with van der Waals surface area (Å²) in [5, 5.41) is 3.39. The van der Waals surface area contributed by atoms with Crippen LogP contribution in [0.5, 0.6) is 0 Å². The van der Waals surface area contributed by atoms with Crippen LogP contribution < -0.4 is 5.32 Å². The zero-order chi connectivity index (χ0) is 10.1. The molecule has 2 heterocycles. The fourth-order valence-corrected chi connectivity index (χ4v) is 2.44. The van der Waals surface area contributed by atoms with Gasteiger partial charge in [0.25, 0.3) is 0 Å². The van der Waals surface area contributed by atoms with Gasteiger partial charge in [-0.25, -0.2) is 0 Å². The molecule has 1 aliphatic heterocycles. The third kappa shape index (κ3) is 1.70. The van der Waals surface area contributed by atoms with Gasteiger partial charge in [0.05, 0.1) is 5.69 Å². The smallest absolute Gasteiger partial charge is 0.0674 e. The molecule has 0 radical (unpaired) electrons. The van der Waals surface area contributed by atoms with E-state index in [9.17, 15) is 0 Å². The lowest BCUT2D eigenvalue weighted by atomic mass is 10.1. The lowest BCUT2D eigenvalue weighted by Gasteiger charge is -2.14. The molecule has 15 heavy (non-hydrogen) atoms. The van der Waals surface area contributed by atoms with Gasteiger partial charge < -0.3 is 5.32 Å².